The van der Waals surface area contributed by atoms with Gasteiger partial charge in [0.25, 0.3) is 0 Å². The molecule has 0 bridgehead atoms. The Labute approximate surface area is 127 Å². The number of fused-ring (bicyclic) bond motifs is 1. The van der Waals surface area contributed by atoms with E-state index in [9.17, 15) is 0 Å². The lowest BCUT2D eigenvalue weighted by Crippen LogP contribution is -2.55. The minimum absolute atomic E-state index is 0.361. The summed E-state index contributed by atoms with van der Waals surface area (Å²) in [5, 5.41) is 1.13. The van der Waals surface area contributed by atoms with E-state index in [1.54, 1.807) is 0 Å². The highest BCUT2D eigenvalue weighted by Gasteiger charge is 2.56. The smallest absolute Gasteiger partial charge is 0.129 e. The lowest BCUT2D eigenvalue weighted by atomic mass is 9.64. The van der Waals surface area contributed by atoms with E-state index in [4.69, 9.17) is 4.74 Å². The van der Waals surface area contributed by atoms with Crippen molar-refractivity contribution < 1.29 is 4.74 Å². The predicted octanol–water partition coefficient (Wildman–Crippen LogP) is 4.71. The quantitative estimate of drug-likeness (QED) is 0.743. The molecule has 104 valence electrons. The molecule has 3 heteroatoms. The number of ether oxygens (including phenoxy) is 1. The van der Waals surface area contributed by atoms with Crippen molar-refractivity contribution in [3.63, 3.8) is 0 Å². The molecule has 2 fully saturated rings. The van der Waals surface area contributed by atoms with Gasteiger partial charge in [0.15, 0.2) is 0 Å². The summed E-state index contributed by atoms with van der Waals surface area (Å²) in [6, 6.07) is 10.2. The van der Waals surface area contributed by atoms with Crippen LogP contribution in [0.1, 0.15) is 32.1 Å². The first kappa shape index (κ1) is 12.6. The summed E-state index contributed by atoms with van der Waals surface area (Å²) in [6.45, 7) is 0. The van der Waals surface area contributed by atoms with Crippen molar-refractivity contribution in [1.82, 2.24) is 4.98 Å². The third-order valence-corrected chi connectivity index (χ3v) is 6.38. The fourth-order valence-corrected chi connectivity index (χ4v) is 4.96. The third-order valence-electron chi connectivity index (χ3n) is 5.10. The maximum absolute atomic E-state index is 6.40. The Hall–Kier alpha value is -1.09. The normalized spacial score (nSPS) is 27.6. The van der Waals surface area contributed by atoms with Gasteiger partial charge >= 0.3 is 0 Å². The van der Waals surface area contributed by atoms with Crippen LogP contribution in [-0.2, 0) is 0 Å². The van der Waals surface area contributed by atoms with E-state index >= 15 is 0 Å². The number of hydrogen-bond acceptors (Lipinski definition) is 2. The second kappa shape index (κ2) is 4.73. The molecule has 1 aromatic carbocycles. The van der Waals surface area contributed by atoms with Gasteiger partial charge in [0.2, 0.25) is 0 Å². The Bertz CT molecular complexity index is 630. The number of nitrogens with zero attached hydrogens (tertiary/aromatic N) is 1. The lowest BCUT2D eigenvalue weighted by molar-refractivity contribution is -0.0294. The molecule has 2 saturated carbocycles. The Morgan fingerprint density at radius 3 is 2.80 bits per heavy atom. The Morgan fingerprint density at radius 1 is 1.15 bits per heavy atom. The highest BCUT2D eigenvalue weighted by Crippen LogP contribution is 2.57. The number of hydrogen-bond donors (Lipinski definition) is 0. The highest BCUT2D eigenvalue weighted by molar-refractivity contribution is 9.09. The predicted molar refractivity (Wildman–Crippen MR) is 84.4 cm³/mol. The molecule has 2 aromatic rings. The fraction of sp³-hybridized carbons (Fsp3) is 0.471. The maximum atomic E-state index is 6.40. The Balaban J connectivity index is 1.65. The van der Waals surface area contributed by atoms with Gasteiger partial charge < -0.3 is 4.74 Å². The molecule has 0 aliphatic heterocycles. The first-order valence-corrected chi connectivity index (χ1v) is 8.36. The van der Waals surface area contributed by atoms with Gasteiger partial charge in [-0.05, 0) is 43.5 Å². The van der Waals surface area contributed by atoms with Gasteiger partial charge in [-0.3, -0.25) is 4.98 Å². The molecule has 20 heavy (non-hydrogen) atoms. The first-order valence-electron chi connectivity index (χ1n) is 7.44. The average molecular weight is 332 g/mol. The Morgan fingerprint density at radius 2 is 2.00 bits per heavy atom. The van der Waals surface area contributed by atoms with Gasteiger partial charge in [-0.25, -0.2) is 0 Å². The van der Waals surface area contributed by atoms with Gasteiger partial charge in [-0.1, -0.05) is 34.8 Å². The van der Waals surface area contributed by atoms with Crippen LogP contribution in [0.2, 0.25) is 0 Å². The molecule has 0 amide bonds. The number of halogens is 1. The molecule has 0 N–H and O–H groups in total. The van der Waals surface area contributed by atoms with Crippen molar-refractivity contribution in [1.29, 1.82) is 0 Å². The minimum Gasteiger partial charge on any atom is -0.489 e. The molecule has 1 spiro atoms. The summed E-state index contributed by atoms with van der Waals surface area (Å²) in [6.07, 6.45) is 8.62. The van der Waals surface area contributed by atoms with E-state index in [1.807, 2.05) is 24.4 Å². The minimum atomic E-state index is 0.361. The van der Waals surface area contributed by atoms with Crippen LogP contribution in [0.5, 0.6) is 5.75 Å². The van der Waals surface area contributed by atoms with Crippen LogP contribution in [0.4, 0.5) is 0 Å². The van der Waals surface area contributed by atoms with E-state index in [2.05, 4.69) is 33.0 Å². The van der Waals surface area contributed by atoms with Gasteiger partial charge in [0.1, 0.15) is 11.9 Å². The summed E-state index contributed by atoms with van der Waals surface area (Å²) >= 11 is 3.86. The summed E-state index contributed by atoms with van der Waals surface area (Å²) in [5.74, 6) is 0.992. The summed E-state index contributed by atoms with van der Waals surface area (Å²) in [5.41, 5.74) is 1.39. The summed E-state index contributed by atoms with van der Waals surface area (Å²) in [7, 11) is 0. The highest BCUT2D eigenvalue weighted by atomic mass is 79.9. The third kappa shape index (κ3) is 1.79. The second-order valence-electron chi connectivity index (χ2n) is 6.08. The van der Waals surface area contributed by atoms with Gasteiger partial charge in [-0.2, -0.15) is 0 Å². The molecule has 0 radical (unpaired) electrons. The molecule has 2 aliphatic carbocycles. The standard InChI is InChI=1S/C17H18BrNO/c18-15-11-16(17(15)8-1-2-9-17)20-14-7-3-6-13-12(14)5-4-10-19-13/h3-7,10,15-16H,1-2,8-9,11H2. The molecule has 4 rings (SSSR count). The molecule has 1 heterocycles. The maximum Gasteiger partial charge on any atom is 0.129 e. The van der Waals surface area contributed by atoms with Crippen LogP contribution in [0.15, 0.2) is 36.5 Å². The zero-order chi connectivity index (χ0) is 13.6. The van der Waals surface area contributed by atoms with E-state index in [0.29, 0.717) is 16.3 Å². The molecule has 2 atom stereocenters. The van der Waals surface area contributed by atoms with Crippen molar-refractivity contribution in [2.24, 2.45) is 5.41 Å². The number of pyridine rings is 1. The van der Waals surface area contributed by atoms with Gasteiger partial charge in [0.05, 0.1) is 5.52 Å². The van der Waals surface area contributed by atoms with Crippen molar-refractivity contribution in [2.75, 3.05) is 0 Å². The van der Waals surface area contributed by atoms with E-state index < -0.39 is 0 Å². The number of benzene rings is 1. The Kier molecular flexibility index (Phi) is 2.99. The molecular weight excluding hydrogens is 314 g/mol. The van der Waals surface area contributed by atoms with E-state index in [1.165, 1.54) is 25.7 Å². The SMILES string of the molecule is BrC1CC(Oc2cccc3ncccc23)C12CCCC2. The molecule has 1 aromatic heterocycles. The number of aromatic nitrogens is 1. The van der Waals surface area contributed by atoms with E-state index in [0.717, 1.165) is 23.1 Å². The van der Waals surface area contributed by atoms with Crippen LogP contribution in [0.25, 0.3) is 10.9 Å². The van der Waals surface area contributed by atoms with Crippen molar-refractivity contribution in [3.8, 4) is 5.75 Å². The average Bonchev–Trinajstić information content (AvgIpc) is 3.00. The van der Waals surface area contributed by atoms with Crippen molar-refractivity contribution >= 4 is 26.8 Å². The van der Waals surface area contributed by atoms with Gasteiger partial charge in [-0.15, -0.1) is 0 Å². The lowest BCUT2D eigenvalue weighted by Gasteiger charge is -2.51. The largest absolute Gasteiger partial charge is 0.489 e. The number of rotatable bonds is 2. The van der Waals surface area contributed by atoms with E-state index in [-0.39, 0.29) is 0 Å². The molecular formula is C17H18BrNO. The first-order chi connectivity index (χ1) is 9.79. The van der Waals surface area contributed by atoms with Crippen LogP contribution in [-0.4, -0.2) is 15.9 Å². The second-order valence-corrected chi connectivity index (χ2v) is 7.18. The molecule has 0 saturated heterocycles. The zero-order valence-corrected chi connectivity index (χ0v) is 13.0. The zero-order valence-electron chi connectivity index (χ0n) is 11.4. The number of alkyl halides is 1. The van der Waals surface area contributed by atoms with Crippen LogP contribution in [0, 0.1) is 5.41 Å². The summed E-state index contributed by atoms with van der Waals surface area (Å²) < 4.78 is 6.40. The monoisotopic (exact) mass is 331 g/mol. The summed E-state index contributed by atoms with van der Waals surface area (Å²) in [4.78, 5) is 5.04. The van der Waals surface area contributed by atoms with Crippen LogP contribution >= 0.6 is 15.9 Å². The van der Waals surface area contributed by atoms with Crippen LogP contribution < -0.4 is 4.74 Å². The topological polar surface area (TPSA) is 22.1 Å². The van der Waals surface area contributed by atoms with Crippen molar-refractivity contribution in [2.45, 2.75) is 43.0 Å². The molecule has 2 unspecified atom stereocenters. The molecule has 2 nitrogen and oxygen atoms in total. The van der Waals surface area contributed by atoms with Crippen LogP contribution in [0.3, 0.4) is 0 Å². The van der Waals surface area contributed by atoms with Crippen molar-refractivity contribution in [3.05, 3.63) is 36.5 Å². The molecule has 2 aliphatic rings. The fourth-order valence-electron chi connectivity index (χ4n) is 3.86. The van der Waals surface area contributed by atoms with Gasteiger partial charge in [0, 0.05) is 21.8 Å².